The predicted molar refractivity (Wildman–Crippen MR) is 64.3 cm³/mol. The summed E-state index contributed by atoms with van der Waals surface area (Å²) in [6.07, 6.45) is 4.35. The Kier molecular flexibility index (Phi) is 4.06. The first-order valence-electron chi connectivity index (χ1n) is 6.49. The molecule has 18 heavy (non-hydrogen) atoms. The van der Waals surface area contributed by atoms with Gasteiger partial charge in [0.05, 0.1) is 6.61 Å². The van der Waals surface area contributed by atoms with Crippen LogP contribution in [0.15, 0.2) is 0 Å². The Hall–Kier alpha value is -1.30. The van der Waals surface area contributed by atoms with E-state index < -0.39 is 17.5 Å². The van der Waals surface area contributed by atoms with Crippen LogP contribution in [0.3, 0.4) is 0 Å². The third-order valence-corrected chi connectivity index (χ3v) is 3.55. The summed E-state index contributed by atoms with van der Waals surface area (Å²) in [5.41, 5.74) is -1.04. The van der Waals surface area contributed by atoms with E-state index in [2.05, 4.69) is 10.6 Å². The molecule has 102 valence electrons. The Morgan fingerprint density at radius 2 is 2.06 bits per heavy atom. The molecule has 2 saturated carbocycles. The lowest BCUT2D eigenvalue weighted by Gasteiger charge is -2.38. The molecule has 6 nitrogen and oxygen atoms in total. The number of carbonyl (C=O) groups is 2. The van der Waals surface area contributed by atoms with Crippen molar-refractivity contribution in [2.45, 2.75) is 37.6 Å². The molecular formula is C12H20N2O4. The number of carboxylic acid groups (broad SMARTS) is 1. The molecule has 0 aromatic heterocycles. The summed E-state index contributed by atoms with van der Waals surface area (Å²) in [6.45, 7) is 1.65. The maximum absolute atomic E-state index is 11.5. The Labute approximate surface area is 106 Å². The number of carboxylic acids is 1. The molecular weight excluding hydrogens is 236 g/mol. The number of aliphatic carboxylic acids is 1. The van der Waals surface area contributed by atoms with Crippen molar-refractivity contribution in [3.8, 4) is 0 Å². The van der Waals surface area contributed by atoms with Gasteiger partial charge in [-0.1, -0.05) is 0 Å². The first kappa shape index (κ1) is 13.1. The van der Waals surface area contributed by atoms with E-state index in [1.165, 1.54) is 12.8 Å². The average Bonchev–Trinajstić information content (AvgIpc) is 3.06. The third kappa shape index (κ3) is 3.35. The summed E-state index contributed by atoms with van der Waals surface area (Å²) >= 11 is 0. The quantitative estimate of drug-likeness (QED) is 0.586. The van der Waals surface area contributed by atoms with E-state index in [9.17, 15) is 9.59 Å². The molecule has 2 rings (SSSR count). The van der Waals surface area contributed by atoms with Gasteiger partial charge in [0.15, 0.2) is 0 Å². The van der Waals surface area contributed by atoms with Gasteiger partial charge in [-0.2, -0.15) is 0 Å². The lowest BCUT2D eigenvalue weighted by Crippen LogP contribution is -2.61. The highest BCUT2D eigenvalue weighted by atomic mass is 16.5. The second-order valence-electron chi connectivity index (χ2n) is 5.14. The van der Waals surface area contributed by atoms with Crippen LogP contribution in [0.4, 0.5) is 4.79 Å². The van der Waals surface area contributed by atoms with Gasteiger partial charge >= 0.3 is 12.0 Å². The van der Waals surface area contributed by atoms with Crippen molar-refractivity contribution in [2.24, 2.45) is 5.92 Å². The van der Waals surface area contributed by atoms with Crippen LogP contribution in [0.1, 0.15) is 32.1 Å². The largest absolute Gasteiger partial charge is 0.480 e. The number of amides is 2. The normalized spacial score (nSPS) is 20.9. The number of hydrogen-bond donors (Lipinski definition) is 3. The van der Waals surface area contributed by atoms with Crippen LogP contribution in [-0.2, 0) is 9.53 Å². The van der Waals surface area contributed by atoms with Crippen LogP contribution in [0.25, 0.3) is 0 Å². The number of rotatable bonds is 7. The summed E-state index contributed by atoms with van der Waals surface area (Å²) in [6, 6.07) is -0.424. The fourth-order valence-electron chi connectivity index (χ4n) is 1.96. The highest BCUT2D eigenvalue weighted by Crippen LogP contribution is 2.31. The van der Waals surface area contributed by atoms with Gasteiger partial charge in [-0.05, 0) is 38.0 Å². The van der Waals surface area contributed by atoms with Crippen molar-refractivity contribution in [2.75, 3.05) is 19.8 Å². The zero-order chi connectivity index (χ0) is 13.0. The number of urea groups is 1. The number of hydrogen-bond acceptors (Lipinski definition) is 3. The average molecular weight is 256 g/mol. The number of nitrogens with one attached hydrogen (secondary N) is 2. The second kappa shape index (κ2) is 5.56. The maximum atomic E-state index is 11.5. The van der Waals surface area contributed by atoms with Crippen LogP contribution < -0.4 is 10.6 Å². The van der Waals surface area contributed by atoms with E-state index >= 15 is 0 Å². The molecule has 0 heterocycles. The van der Waals surface area contributed by atoms with Gasteiger partial charge in [-0.25, -0.2) is 9.59 Å². The Morgan fingerprint density at radius 3 is 2.56 bits per heavy atom. The van der Waals surface area contributed by atoms with E-state index in [0.29, 0.717) is 31.9 Å². The van der Waals surface area contributed by atoms with E-state index in [1.807, 2.05) is 0 Å². The molecule has 3 N–H and O–H groups in total. The van der Waals surface area contributed by atoms with Crippen LogP contribution in [0.2, 0.25) is 0 Å². The lowest BCUT2D eigenvalue weighted by molar-refractivity contribution is -0.148. The van der Waals surface area contributed by atoms with Gasteiger partial charge < -0.3 is 20.5 Å². The highest BCUT2D eigenvalue weighted by Gasteiger charge is 2.45. The van der Waals surface area contributed by atoms with Crippen molar-refractivity contribution in [1.29, 1.82) is 0 Å². The zero-order valence-electron chi connectivity index (χ0n) is 10.4. The lowest BCUT2D eigenvalue weighted by atomic mass is 9.77. The van der Waals surface area contributed by atoms with E-state index in [-0.39, 0.29) is 0 Å². The minimum atomic E-state index is -1.04. The molecule has 2 fully saturated rings. The monoisotopic (exact) mass is 256 g/mol. The highest BCUT2D eigenvalue weighted by molar-refractivity contribution is 5.87. The van der Waals surface area contributed by atoms with Crippen LogP contribution >= 0.6 is 0 Å². The number of ether oxygens (including phenoxy) is 1. The molecule has 0 radical (unpaired) electrons. The van der Waals surface area contributed by atoms with E-state index in [1.54, 1.807) is 0 Å². The Bertz CT molecular complexity index is 324. The molecule has 0 aliphatic heterocycles. The molecule has 0 atom stereocenters. The molecule has 0 aromatic rings. The van der Waals surface area contributed by atoms with Crippen molar-refractivity contribution >= 4 is 12.0 Å². The standard InChI is InChI=1S/C12H20N2O4/c15-10(16)12(4-1-5-12)14-11(17)13-6-7-18-8-9-2-3-9/h9H,1-8H2,(H,15,16)(H2,13,14,17). The summed E-state index contributed by atoms with van der Waals surface area (Å²) in [5, 5.41) is 14.2. The molecule has 2 amide bonds. The Morgan fingerprint density at radius 1 is 1.33 bits per heavy atom. The molecule has 0 spiro atoms. The molecule has 0 unspecified atom stereocenters. The molecule has 0 saturated heterocycles. The molecule has 6 heteroatoms. The molecule has 2 aliphatic rings. The topological polar surface area (TPSA) is 87.7 Å². The number of carbonyl (C=O) groups excluding carboxylic acids is 1. The predicted octanol–water partition coefficient (Wildman–Crippen LogP) is 0.719. The summed E-state index contributed by atoms with van der Waals surface area (Å²) < 4.78 is 5.37. The zero-order valence-corrected chi connectivity index (χ0v) is 10.4. The fourth-order valence-corrected chi connectivity index (χ4v) is 1.96. The van der Waals surface area contributed by atoms with Gasteiger partial charge in [0.1, 0.15) is 5.54 Å². The summed E-state index contributed by atoms with van der Waals surface area (Å²) in [4.78, 5) is 22.6. The second-order valence-corrected chi connectivity index (χ2v) is 5.14. The maximum Gasteiger partial charge on any atom is 0.329 e. The molecule has 2 aliphatic carbocycles. The Balaban J connectivity index is 1.57. The van der Waals surface area contributed by atoms with Gasteiger partial charge in [0, 0.05) is 13.2 Å². The third-order valence-electron chi connectivity index (χ3n) is 3.55. The van der Waals surface area contributed by atoms with Crippen molar-refractivity contribution in [1.82, 2.24) is 10.6 Å². The summed E-state index contributed by atoms with van der Waals surface area (Å²) in [7, 11) is 0. The minimum Gasteiger partial charge on any atom is -0.480 e. The summed E-state index contributed by atoms with van der Waals surface area (Å²) in [5.74, 6) is -0.238. The fraction of sp³-hybridized carbons (Fsp3) is 0.833. The van der Waals surface area contributed by atoms with Crippen molar-refractivity contribution < 1.29 is 19.4 Å². The first-order chi connectivity index (χ1) is 8.62. The van der Waals surface area contributed by atoms with Crippen molar-refractivity contribution in [3.63, 3.8) is 0 Å². The van der Waals surface area contributed by atoms with Crippen LogP contribution in [0, 0.1) is 5.92 Å². The van der Waals surface area contributed by atoms with Gasteiger partial charge in [0.2, 0.25) is 0 Å². The molecule has 0 aromatic carbocycles. The van der Waals surface area contributed by atoms with Crippen molar-refractivity contribution in [3.05, 3.63) is 0 Å². The smallest absolute Gasteiger partial charge is 0.329 e. The van der Waals surface area contributed by atoms with E-state index in [0.717, 1.165) is 13.0 Å². The van der Waals surface area contributed by atoms with Gasteiger partial charge in [-0.3, -0.25) is 0 Å². The SMILES string of the molecule is O=C(NCCOCC1CC1)NC1(C(=O)O)CCC1. The van der Waals surface area contributed by atoms with Crippen LogP contribution in [0.5, 0.6) is 0 Å². The van der Waals surface area contributed by atoms with Crippen LogP contribution in [-0.4, -0.2) is 42.4 Å². The first-order valence-corrected chi connectivity index (χ1v) is 6.49. The molecule has 0 bridgehead atoms. The van der Waals surface area contributed by atoms with Gasteiger partial charge in [-0.15, -0.1) is 0 Å². The minimum absolute atomic E-state index is 0.411. The van der Waals surface area contributed by atoms with Gasteiger partial charge in [0.25, 0.3) is 0 Å². The van der Waals surface area contributed by atoms with E-state index in [4.69, 9.17) is 9.84 Å².